The molecule has 0 N–H and O–H groups in total. The van der Waals surface area contributed by atoms with Crippen LogP contribution in [0, 0.1) is 5.92 Å². The van der Waals surface area contributed by atoms with Crippen LogP contribution in [0.15, 0.2) is 91.0 Å². The van der Waals surface area contributed by atoms with Crippen LogP contribution in [0.5, 0.6) is 0 Å². The molecule has 5 rings (SSSR count). The Bertz CT molecular complexity index is 1350. The normalized spacial score (nSPS) is 12.6. The summed E-state index contributed by atoms with van der Waals surface area (Å²) in [4.78, 5) is 5.10. The zero-order chi connectivity index (χ0) is 22.1. The Labute approximate surface area is 190 Å². The highest BCUT2D eigenvalue weighted by Gasteiger charge is 2.19. The minimum Gasteiger partial charge on any atom is -0.323 e. The second-order valence-corrected chi connectivity index (χ2v) is 9.24. The predicted molar refractivity (Wildman–Crippen MR) is 135 cm³/mol. The average Bonchev–Trinajstić information content (AvgIpc) is 3.17. The predicted octanol–water partition coefficient (Wildman–Crippen LogP) is 7.59. The van der Waals surface area contributed by atoms with E-state index in [4.69, 9.17) is 4.98 Å². The number of nitrogens with zero attached hydrogens (tertiary/aromatic N) is 2. The molecule has 0 radical (unpaired) electrons. The van der Waals surface area contributed by atoms with Gasteiger partial charge < -0.3 is 4.57 Å². The van der Waals surface area contributed by atoms with Crippen LogP contribution < -0.4 is 0 Å². The fourth-order valence-electron chi connectivity index (χ4n) is 4.75. The summed E-state index contributed by atoms with van der Waals surface area (Å²) >= 11 is 0. The van der Waals surface area contributed by atoms with E-state index in [2.05, 4.69) is 116 Å². The zero-order valence-corrected chi connectivity index (χ0v) is 19.1. The Balaban J connectivity index is 1.57. The Morgan fingerprint density at radius 1 is 0.750 bits per heavy atom. The molecule has 32 heavy (non-hydrogen) atoms. The number of fused-ring (bicyclic) bond motifs is 2. The maximum atomic E-state index is 5.10. The van der Waals surface area contributed by atoms with Crippen molar-refractivity contribution < 1.29 is 0 Å². The molecule has 0 fully saturated rings. The third-order valence-corrected chi connectivity index (χ3v) is 6.40. The van der Waals surface area contributed by atoms with E-state index in [0.29, 0.717) is 5.92 Å². The lowest BCUT2D eigenvalue weighted by Gasteiger charge is -2.17. The summed E-state index contributed by atoms with van der Waals surface area (Å²) in [5.41, 5.74) is 6.30. The molecule has 1 atom stereocenters. The quantitative estimate of drug-likeness (QED) is 0.278. The summed E-state index contributed by atoms with van der Waals surface area (Å²) in [6, 6.07) is 32.9. The summed E-state index contributed by atoms with van der Waals surface area (Å²) in [6.07, 6.45) is 1.12. The van der Waals surface area contributed by atoms with Gasteiger partial charge in [0.05, 0.1) is 11.0 Å². The van der Waals surface area contributed by atoms with Gasteiger partial charge >= 0.3 is 0 Å². The van der Waals surface area contributed by atoms with Crippen molar-refractivity contribution in [1.29, 1.82) is 0 Å². The van der Waals surface area contributed by atoms with Crippen LogP contribution in [0.4, 0.5) is 0 Å². The van der Waals surface area contributed by atoms with Gasteiger partial charge in [0.1, 0.15) is 5.82 Å². The number of hydrogen-bond donors (Lipinski definition) is 0. The van der Waals surface area contributed by atoms with Crippen LogP contribution in [-0.2, 0) is 13.0 Å². The highest BCUT2D eigenvalue weighted by atomic mass is 15.1. The van der Waals surface area contributed by atoms with Crippen molar-refractivity contribution in [1.82, 2.24) is 9.55 Å². The molecule has 1 heterocycles. The fourth-order valence-corrected chi connectivity index (χ4v) is 4.75. The third kappa shape index (κ3) is 3.93. The van der Waals surface area contributed by atoms with Gasteiger partial charge in [0.25, 0.3) is 0 Å². The molecule has 0 amide bonds. The second kappa shape index (κ2) is 8.63. The van der Waals surface area contributed by atoms with Gasteiger partial charge in [-0.25, -0.2) is 4.98 Å². The van der Waals surface area contributed by atoms with Crippen LogP contribution in [0.25, 0.3) is 21.8 Å². The first-order valence-corrected chi connectivity index (χ1v) is 11.6. The molecular formula is C30H30N2. The van der Waals surface area contributed by atoms with E-state index in [1.54, 1.807) is 0 Å². The lowest BCUT2D eigenvalue weighted by atomic mass is 9.96. The van der Waals surface area contributed by atoms with Crippen molar-refractivity contribution in [3.8, 4) is 0 Å². The molecule has 0 aliphatic carbocycles. The molecule has 0 bridgehead atoms. The molecule has 0 aliphatic heterocycles. The Morgan fingerprint density at radius 3 is 2.28 bits per heavy atom. The molecule has 1 aromatic heterocycles. The molecular weight excluding hydrogens is 388 g/mol. The Hall–Kier alpha value is -3.39. The first kappa shape index (κ1) is 20.5. The number of para-hydroxylation sites is 2. The van der Waals surface area contributed by atoms with Gasteiger partial charge in [-0.05, 0) is 51.9 Å². The summed E-state index contributed by atoms with van der Waals surface area (Å²) in [6.45, 7) is 7.63. The largest absolute Gasteiger partial charge is 0.323 e. The monoisotopic (exact) mass is 418 g/mol. The number of hydrogen-bond acceptors (Lipinski definition) is 1. The molecule has 0 saturated heterocycles. The number of benzene rings is 4. The van der Waals surface area contributed by atoms with Crippen LogP contribution in [0.1, 0.15) is 49.2 Å². The molecule has 2 heteroatoms. The molecule has 0 spiro atoms. The average molecular weight is 419 g/mol. The van der Waals surface area contributed by atoms with Gasteiger partial charge in [-0.1, -0.05) is 99.6 Å². The SMILES string of the molecule is CC(C)Cc1ccc([C@H](C)c2nc3ccccc3n2Cc2cccc3ccccc23)cc1. The summed E-state index contributed by atoms with van der Waals surface area (Å²) < 4.78 is 2.41. The molecule has 2 nitrogen and oxygen atoms in total. The Morgan fingerprint density at radius 2 is 1.47 bits per heavy atom. The molecule has 160 valence electrons. The molecule has 5 aromatic rings. The van der Waals surface area contributed by atoms with E-state index in [1.807, 2.05) is 0 Å². The third-order valence-electron chi connectivity index (χ3n) is 6.40. The van der Waals surface area contributed by atoms with Gasteiger partial charge in [-0.15, -0.1) is 0 Å². The van der Waals surface area contributed by atoms with Crippen molar-refractivity contribution >= 4 is 21.8 Å². The number of aromatic nitrogens is 2. The molecule has 0 saturated carbocycles. The van der Waals surface area contributed by atoms with Crippen LogP contribution in [0.2, 0.25) is 0 Å². The minimum absolute atomic E-state index is 0.213. The van der Waals surface area contributed by atoms with E-state index in [1.165, 1.54) is 33.0 Å². The number of imidazole rings is 1. The second-order valence-electron chi connectivity index (χ2n) is 9.24. The van der Waals surface area contributed by atoms with Crippen molar-refractivity contribution in [2.24, 2.45) is 5.92 Å². The van der Waals surface area contributed by atoms with E-state index in [0.717, 1.165) is 24.3 Å². The van der Waals surface area contributed by atoms with Gasteiger partial charge in [-0.3, -0.25) is 0 Å². The summed E-state index contributed by atoms with van der Waals surface area (Å²) in [5.74, 6) is 2.00. The Kier molecular flexibility index (Phi) is 5.53. The standard InChI is InChI=1S/C30H30N2/c1-21(2)19-23-15-17-24(18-16-23)22(3)30-31-28-13-6-7-14-29(28)32(30)20-26-11-8-10-25-9-4-5-12-27(25)26/h4-18,21-22H,19-20H2,1-3H3/t22-/m0/s1. The van der Waals surface area contributed by atoms with Gasteiger partial charge in [-0.2, -0.15) is 0 Å². The highest BCUT2D eigenvalue weighted by Crippen LogP contribution is 2.30. The molecule has 0 aliphatic rings. The van der Waals surface area contributed by atoms with Crippen LogP contribution in [-0.4, -0.2) is 9.55 Å². The first-order chi connectivity index (χ1) is 15.6. The molecule has 0 unspecified atom stereocenters. The van der Waals surface area contributed by atoms with Crippen molar-refractivity contribution in [3.05, 3.63) is 114 Å². The van der Waals surface area contributed by atoms with Crippen LogP contribution in [0.3, 0.4) is 0 Å². The van der Waals surface area contributed by atoms with E-state index in [9.17, 15) is 0 Å². The first-order valence-electron chi connectivity index (χ1n) is 11.6. The van der Waals surface area contributed by atoms with Gasteiger partial charge in [0.15, 0.2) is 0 Å². The zero-order valence-electron chi connectivity index (χ0n) is 19.1. The van der Waals surface area contributed by atoms with E-state index in [-0.39, 0.29) is 5.92 Å². The minimum atomic E-state index is 0.213. The smallest absolute Gasteiger partial charge is 0.117 e. The van der Waals surface area contributed by atoms with E-state index >= 15 is 0 Å². The van der Waals surface area contributed by atoms with Crippen molar-refractivity contribution in [3.63, 3.8) is 0 Å². The lowest BCUT2D eigenvalue weighted by Crippen LogP contribution is -2.10. The topological polar surface area (TPSA) is 17.8 Å². The van der Waals surface area contributed by atoms with Gasteiger partial charge in [0, 0.05) is 12.5 Å². The lowest BCUT2D eigenvalue weighted by molar-refractivity contribution is 0.646. The van der Waals surface area contributed by atoms with Crippen LogP contribution >= 0.6 is 0 Å². The fraction of sp³-hybridized carbons (Fsp3) is 0.233. The maximum absolute atomic E-state index is 5.10. The summed E-state index contributed by atoms with van der Waals surface area (Å²) in [5, 5.41) is 2.59. The molecule has 4 aromatic carbocycles. The van der Waals surface area contributed by atoms with Crippen molar-refractivity contribution in [2.75, 3.05) is 0 Å². The number of rotatable bonds is 6. The van der Waals surface area contributed by atoms with Crippen molar-refractivity contribution in [2.45, 2.75) is 39.7 Å². The summed E-state index contributed by atoms with van der Waals surface area (Å²) in [7, 11) is 0. The van der Waals surface area contributed by atoms with E-state index < -0.39 is 0 Å². The maximum Gasteiger partial charge on any atom is 0.117 e. The highest BCUT2D eigenvalue weighted by molar-refractivity contribution is 5.86. The van der Waals surface area contributed by atoms with Gasteiger partial charge in [0.2, 0.25) is 0 Å².